The molecule has 0 atom stereocenters. The number of imidazole rings is 4. The normalized spacial score (nSPS) is 13.9. The van der Waals surface area contributed by atoms with Gasteiger partial charge in [0.05, 0.1) is 25.2 Å². The van der Waals surface area contributed by atoms with E-state index in [9.17, 15) is 38.4 Å². The summed E-state index contributed by atoms with van der Waals surface area (Å²) in [6.45, 7) is -5.53. The molecule has 8 aromatic rings. The summed E-state index contributed by atoms with van der Waals surface area (Å²) in [4.78, 5) is 114. The molecule has 0 fully saturated rings. The van der Waals surface area contributed by atoms with Crippen molar-refractivity contribution < 1.29 is 13.7 Å². The summed E-state index contributed by atoms with van der Waals surface area (Å²) >= 11 is 0. The predicted octanol–water partition coefficient (Wildman–Crippen LogP) is -3.52. The van der Waals surface area contributed by atoms with Gasteiger partial charge in [0.2, 0.25) is 0 Å². The molecule has 0 aliphatic carbocycles. The fraction of sp³-hybridized carbons (Fsp3) is 0.310. The minimum Gasteiger partial charge on any atom is -0.328 e. The second kappa shape index (κ2) is 14.4. The second-order valence-electron chi connectivity index (χ2n) is 10.6. The van der Waals surface area contributed by atoms with Crippen LogP contribution in [-0.4, -0.2) is 76.4 Å². The third-order valence-electron chi connectivity index (χ3n) is 7.23. The third-order valence-corrected chi connectivity index (χ3v) is 7.23. The molecule has 24 nitrogen and oxygen atoms in total. The third kappa shape index (κ3) is 6.86. The van der Waals surface area contributed by atoms with Crippen LogP contribution < -0.4 is 45.0 Å². The highest BCUT2D eigenvalue weighted by Gasteiger charge is 2.11. The molecule has 0 aliphatic heterocycles. The lowest BCUT2D eigenvalue weighted by molar-refractivity contribution is 0.829. The van der Waals surface area contributed by atoms with Gasteiger partial charge in [0.1, 0.15) is 5.48 Å². The van der Waals surface area contributed by atoms with E-state index in [0.29, 0.717) is 9.13 Å². The molecule has 0 saturated carbocycles. The monoisotopic (exact) mass is 746 g/mol. The second-order valence-corrected chi connectivity index (χ2v) is 10.6. The number of nitrogens with one attached hydrogen (secondary N) is 4. The Labute approximate surface area is 307 Å². The fourth-order valence-corrected chi connectivity index (χ4v) is 4.59. The lowest BCUT2D eigenvalue weighted by atomic mass is 10.5. The fourth-order valence-electron chi connectivity index (χ4n) is 4.59. The molecule has 0 bridgehead atoms. The number of fused-ring (bicyclic) bond motifs is 4. The molecule has 0 aliphatic rings. The highest BCUT2D eigenvalue weighted by atomic mass is 16.2. The number of aromatic amines is 4. The molecule has 53 heavy (non-hydrogen) atoms. The molecular weight excluding hydrogens is 700 g/mol. The van der Waals surface area contributed by atoms with Crippen molar-refractivity contribution in [3.8, 4) is 0 Å². The molecule has 4 N–H and O–H groups in total. The van der Waals surface area contributed by atoms with E-state index in [1.54, 1.807) is 14.1 Å². The molecule has 0 saturated heterocycles. The van der Waals surface area contributed by atoms with Crippen molar-refractivity contribution in [2.24, 2.45) is 56.2 Å². The molecule has 280 valence electrons. The summed E-state index contributed by atoms with van der Waals surface area (Å²) < 4.78 is 80.9. The molecule has 0 unspecified atom stereocenters. The summed E-state index contributed by atoms with van der Waals surface area (Å²) in [6, 6.07) is 0. The van der Waals surface area contributed by atoms with E-state index in [-0.39, 0.29) is 77.3 Å². The zero-order chi connectivity index (χ0) is 46.8. The maximum absolute atomic E-state index is 11.5. The molecule has 0 spiro atoms. The van der Waals surface area contributed by atoms with Crippen molar-refractivity contribution in [1.82, 2.24) is 76.4 Å². The topological polar surface area (TPSA) is 291 Å². The van der Waals surface area contributed by atoms with Crippen LogP contribution in [-0.2, 0) is 56.2 Å². The van der Waals surface area contributed by atoms with Crippen molar-refractivity contribution >= 4 is 44.7 Å². The highest BCUT2D eigenvalue weighted by Crippen LogP contribution is 2.03. The van der Waals surface area contributed by atoms with Crippen LogP contribution in [0, 0.1) is 0 Å². The number of aryl methyl sites for hydroxylation is 8. The Kier molecular flexibility index (Phi) is 7.20. The van der Waals surface area contributed by atoms with E-state index < -0.39 is 58.9 Å². The van der Waals surface area contributed by atoms with Gasteiger partial charge < -0.3 is 18.3 Å². The Morgan fingerprint density at radius 3 is 0.868 bits per heavy atom. The molecule has 0 radical (unpaired) electrons. The van der Waals surface area contributed by atoms with Crippen LogP contribution in [0.3, 0.4) is 0 Å². The van der Waals surface area contributed by atoms with Crippen LogP contribution in [0.15, 0.2) is 63.6 Å². The Morgan fingerprint density at radius 1 is 0.434 bits per heavy atom. The minimum absolute atomic E-state index is 0. The maximum atomic E-state index is 11.5. The lowest BCUT2D eigenvalue weighted by Crippen LogP contribution is -2.28. The van der Waals surface area contributed by atoms with Crippen molar-refractivity contribution in [2.45, 2.75) is 7.43 Å². The zero-order valence-corrected chi connectivity index (χ0v) is 27.6. The number of aromatic nitrogens is 16. The number of nitrogens with zero attached hydrogens (tertiary/aromatic N) is 12. The van der Waals surface area contributed by atoms with Crippen LogP contribution in [0.1, 0.15) is 21.1 Å². The summed E-state index contributed by atoms with van der Waals surface area (Å²) in [7, 11) is 8.87. The van der Waals surface area contributed by atoms with E-state index in [1.807, 2.05) is 9.97 Å². The largest absolute Gasteiger partial charge is 0.329 e. The average molecular weight is 747 g/mol. The number of H-pyrrole nitrogens is 4. The highest BCUT2D eigenvalue weighted by molar-refractivity contribution is 5.71. The number of hydrogen-bond acceptors (Lipinski definition) is 12. The minimum atomic E-state index is -2.76. The van der Waals surface area contributed by atoms with Gasteiger partial charge in [0, 0.05) is 64.5 Å². The quantitative estimate of drug-likeness (QED) is 0.117. The smallest absolute Gasteiger partial charge is 0.328 e. The van der Waals surface area contributed by atoms with Gasteiger partial charge in [-0.3, -0.25) is 57.4 Å². The Bertz CT molecular complexity index is 3370. The van der Waals surface area contributed by atoms with Crippen molar-refractivity contribution in [2.75, 3.05) is 0 Å². The standard InChI is InChI=1S/4C7H8N4O2.CH4/c4*1-10-3-8-5-4(10)6(12)9-7(13)11(5)2;/h4*3H,1-2H3,(H,9,12,13);1H4/i2*2D3,3D;2*3D;. The van der Waals surface area contributed by atoms with Gasteiger partial charge in [-0.2, -0.15) is 0 Å². The Hall–Kier alpha value is -7.40. The lowest BCUT2D eigenvalue weighted by Gasteiger charge is -1.97. The molecular formula is C29H36N16O8. The van der Waals surface area contributed by atoms with Gasteiger partial charge in [-0.25, -0.2) is 39.1 Å². The first-order chi connectivity index (χ1) is 28.5. The van der Waals surface area contributed by atoms with E-state index in [4.69, 9.17) is 13.7 Å². The first-order valence-electron chi connectivity index (χ1n) is 19.1. The van der Waals surface area contributed by atoms with Crippen LogP contribution in [0.4, 0.5) is 0 Å². The van der Waals surface area contributed by atoms with E-state index in [0.717, 1.165) is 9.13 Å². The Balaban J connectivity index is 0.000000184. The van der Waals surface area contributed by atoms with Gasteiger partial charge in [-0.05, 0) is 0 Å². The summed E-state index contributed by atoms with van der Waals surface area (Å²) in [5.74, 6) is 0. The van der Waals surface area contributed by atoms with Gasteiger partial charge in [-0.15, -0.1) is 0 Å². The van der Waals surface area contributed by atoms with Crippen LogP contribution in [0.2, 0.25) is 0 Å². The molecule has 0 aromatic carbocycles. The van der Waals surface area contributed by atoms with Gasteiger partial charge >= 0.3 is 22.8 Å². The van der Waals surface area contributed by atoms with Crippen LogP contribution in [0.25, 0.3) is 44.7 Å². The molecule has 8 aromatic heterocycles. The first-order valence-corrected chi connectivity index (χ1v) is 14.1. The van der Waals surface area contributed by atoms with Crippen molar-refractivity contribution in [1.29, 1.82) is 0 Å². The van der Waals surface area contributed by atoms with Gasteiger partial charge in [0.15, 0.2) is 44.7 Å². The van der Waals surface area contributed by atoms with E-state index >= 15 is 0 Å². The van der Waals surface area contributed by atoms with Gasteiger partial charge in [0.25, 0.3) is 22.2 Å². The number of rotatable bonds is 0. The van der Waals surface area contributed by atoms with Gasteiger partial charge in [-0.1, -0.05) is 7.43 Å². The summed E-state index contributed by atoms with van der Waals surface area (Å²) in [5, 5.41) is 0. The summed E-state index contributed by atoms with van der Waals surface area (Å²) in [5.41, 5.74) is -5.70. The van der Waals surface area contributed by atoms with Crippen molar-refractivity contribution in [3.63, 3.8) is 0 Å². The zero-order valence-electron chi connectivity index (χ0n) is 37.6. The maximum Gasteiger partial charge on any atom is 0.329 e. The van der Waals surface area contributed by atoms with Crippen LogP contribution >= 0.6 is 0 Å². The van der Waals surface area contributed by atoms with E-state index in [1.165, 1.54) is 46.5 Å². The van der Waals surface area contributed by atoms with Crippen molar-refractivity contribution in [3.05, 3.63) is 109 Å². The number of hydrogen-bond donors (Lipinski definition) is 4. The first kappa shape index (κ1) is 26.4. The van der Waals surface area contributed by atoms with Crippen LogP contribution in [0.5, 0.6) is 0 Å². The summed E-state index contributed by atoms with van der Waals surface area (Å²) in [6.07, 6.45) is -0.693. The molecule has 8 heterocycles. The molecule has 8 rings (SSSR count). The Morgan fingerprint density at radius 2 is 0.642 bits per heavy atom. The average Bonchev–Trinajstić information content (AvgIpc) is 3.82. The van der Waals surface area contributed by atoms with E-state index in [2.05, 4.69) is 29.9 Å². The predicted molar refractivity (Wildman–Crippen MR) is 193 cm³/mol. The SMILES string of the molecule is C.[2H]c1nc2c(c(=O)[nH]c(=O)n2C([2H])([2H])[2H])n1C.[2H]c1nc2c(c(=O)[nH]c(=O)n2C([2H])([2H])[2H])n1C.[2H]c1nc2c(c(=O)[nH]c(=O)n2C)n1C.[2H]c1nc2c(c(=O)[nH]c(=O)n2C)n1C. The molecule has 0 amide bonds. The molecule has 24 heteroatoms.